The molecule has 4 nitrogen and oxygen atoms in total. The first-order valence-corrected chi connectivity index (χ1v) is 4.85. The minimum atomic E-state index is -0.798. The third kappa shape index (κ3) is 7.74. The zero-order chi connectivity index (χ0) is 10.1. The van der Waals surface area contributed by atoms with Gasteiger partial charge in [0.2, 0.25) is 0 Å². The molecular formula is C9H20N2O2. The Kier molecular flexibility index (Phi) is 7.63. The lowest BCUT2D eigenvalue weighted by Crippen LogP contribution is -2.38. The second-order valence-electron chi connectivity index (χ2n) is 3.12. The highest BCUT2D eigenvalue weighted by atomic mass is 16.4. The molecule has 0 aromatic carbocycles. The van der Waals surface area contributed by atoms with Crippen LogP contribution >= 0.6 is 0 Å². The van der Waals surface area contributed by atoms with Crippen LogP contribution in [0.2, 0.25) is 0 Å². The van der Waals surface area contributed by atoms with E-state index in [0.29, 0.717) is 6.54 Å². The fourth-order valence-corrected chi connectivity index (χ4v) is 0.891. The summed E-state index contributed by atoms with van der Waals surface area (Å²) in [7, 11) is 0. The van der Waals surface area contributed by atoms with Gasteiger partial charge in [-0.1, -0.05) is 13.3 Å². The molecule has 0 aliphatic carbocycles. The third-order valence-electron chi connectivity index (χ3n) is 1.83. The zero-order valence-corrected chi connectivity index (χ0v) is 8.47. The highest BCUT2D eigenvalue weighted by Gasteiger charge is 2.07. The number of nitrogens with one attached hydrogen (secondary N) is 2. The minimum Gasteiger partial charge on any atom is -0.480 e. The molecule has 0 unspecified atom stereocenters. The summed E-state index contributed by atoms with van der Waals surface area (Å²) < 4.78 is 0. The summed E-state index contributed by atoms with van der Waals surface area (Å²) in [5, 5.41) is 14.7. The summed E-state index contributed by atoms with van der Waals surface area (Å²) in [5.74, 6) is -0.798. The van der Waals surface area contributed by atoms with Crippen LogP contribution in [0, 0.1) is 0 Å². The maximum absolute atomic E-state index is 10.4. The molecule has 0 amide bonds. The van der Waals surface area contributed by atoms with Crippen molar-refractivity contribution in [1.29, 1.82) is 0 Å². The fraction of sp³-hybridized carbons (Fsp3) is 0.889. The van der Waals surface area contributed by atoms with Gasteiger partial charge in [-0.2, -0.15) is 0 Å². The van der Waals surface area contributed by atoms with Gasteiger partial charge < -0.3 is 15.7 Å². The van der Waals surface area contributed by atoms with Gasteiger partial charge in [0.15, 0.2) is 0 Å². The van der Waals surface area contributed by atoms with Gasteiger partial charge in [0.25, 0.3) is 0 Å². The highest BCUT2D eigenvalue weighted by molar-refractivity contribution is 5.72. The van der Waals surface area contributed by atoms with Crippen LogP contribution in [-0.4, -0.2) is 36.8 Å². The Bertz CT molecular complexity index is 140. The Morgan fingerprint density at radius 1 is 1.38 bits per heavy atom. The van der Waals surface area contributed by atoms with Crippen molar-refractivity contribution in [1.82, 2.24) is 10.6 Å². The van der Waals surface area contributed by atoms with E-state index in [9.17, 15) is 4.79 Å². The van der Waals surface area contributed by atoms with Crippen LogP contribution in [0.5, 0.6) is 0 Å². The van der Waals surface area contributed by atoms with Crippen LogP contribution in [0.3, 0.4) is 0 Å². The quantitative estimate of drug-likeness (QED) is 0.484. The maximum Gasteiger partial charge on any atom is 0.320 e. The van der Waals surface area contributed by atoms with Crippen molar-refractivity contribution in [3.63, 3.8) is 0 Å². The average Bonchev–Trinajstić information content (AvgIpc) is 2.10. The molecular weight excluding hydrogens is 168 g/mol. The Morgan fingerprint density at radius 2 is 2.08 bits per heavy atom. The largest absolute Gasteiger partial charge is 0.480 e. The first kappa shape index (κ1) is 12.4. The van der Waals surface area contributed by atoms with Gasteiger partial charge in [0, 0.05) is 13.1 Å². The van der Waals surface area contributed by atoms with Crippen molar-refractivity contribution >= 4 is 5.97 Å². The molecule has 0 aliphatic heterocycles. The predicted molar refractivity (Wildman–Crippen MR) is 52.9 cm³/mol. The Balaban J connectivity index is 3.11. The van der Waals surface area contributed by atoms with Crippen molar-refractivity contribution in [2.75, 3.05) is 19.6 Å². The van der Waals surface area contributed by atoms with Gasteiger partial charge in [0.1, 0.15) is 6.04 Å². The number of rotatable bonds is 8. The lowest BCUT2D eigenvalue weighted by atomic mass is 10.3. The van der Waals surface area contributed by atoms with E-state index in [1.54, 1.807) is 6.92 Å². The smallest absolute Gasteiger partial charge is 0.320 e. The zero-order valence-electron chi connectivity index (χ0n) is 8.47. The topological polar surface area (TPSA) is 61.4 Å². The second kappa shape index (κ2) is 8.01. The summed E-state index contributed by atoms with van der Waals surface area (Å²) >= 11 is 0. The van der Waals surface area contributed by atoms with Crippen molar-refractivity contribution in [3.05, 3.63) is 0 Å². The number of carboxylic acid groups (broad SMARTS) is 1. The molecule has 0 saturated carbocycles. The molecule has 3 N–H and O–H groups in total. The predicted octanol–water partition coefficient (Wildman–Crippen LogP) is 0.439. The molecule has 0 rings (SSSR count). The van der Waals surface area contributed by atoms with E-state index in [-0.39, 0.29) is 0 Å². The highest BCUT2D eigenvalue weighted by Crippen LogP contribution is 1.82. The summed E-state index contributed by atoms with van der Waals surface area (Å²) in [6.07, 6.45) is 2.36. The summed E-state index contributed by atoms with van der Waals surface area (Å²) in [5.41, 5.74) is 0. The normalized spacial score (nSPS) is 12.8. The molecule has 1 atom stereocenters. The SMILES string of the molecule is CCCCNCCN[C@H](C)C(=O)O. The fourth-order valence-electron chi connectivity index (χ4n) is 0.891. The van der Waals surface area contributed by atoms with Gasteiger partial charge in [-0.3, -0.25) is 4.79 Å². The van der Waals surface area contributed by atoms with Gasteiger partial charge >= 0.3 is 5.97 Å². The van der Waals surface area contributed by atoms with Crippen LogP contribution in [0.15, 0.2) is 0 Å². The van der Waals surface area contributed by atoms with Gasteiger partial charge in [0.05, 0.1) is 0 Å². The van der Waals surface area contributed by atoms with Crippen LogP contribution < -0.4 is 10.6 Å². The van der Waals surface area contributed by atoms with Gasteiger partial charge in [-0.15, -0.1) is 0 Å². The van der Waals surface area contributed by atoms with E-state index >= 15 is 0 Å². The van der Waals surface area contributed by atoms with Gasteiger partial charge in [-0.05, 0) is 19.9 Å². The number of aliphatic carboxylic acids is 1. The Morgan fingerprint density at radius 3 is 2.62 bits per heavy atom. The van der Waals surface area contributed by atoms with E-state index in [0.717, 1.165) is 13.1 Å². The van der Waals surface area contributed by atoms with E-state index in [1.165, 1.54) is 12.8 Å². The molecule has 0 spiro atoms. The first-order chi connectivity index (χ1) is 6.18. The molecule has 0 aromatic heterocycles. The van der Waals surface area contributed by atoms with Crippen molar-refractivity contribution in [2.45, 2.75) is 32.7 Å². The molecule has 0 radical (unpaired) electrons. The summed E-state index contributed by atoms with van der Waals surface area (Å²) in [6.45, 7) is 6.34. The minimum absolute atomic E-state index is 0.451. The van der Waals surface area contributed by atoms with Crippen LogP contribution in [0.1, 0.15) is 26.7 Å². The summed E-state index contributed by atoms with van der Waals surface area (Å²) in [6, 6.07) is -0.451. The standard InChI is InChI=1S/C9H20N2O2/c1-3-4-5-10-6-7-11-8(2)9(12)13/h8,10-11H,3-7H2,1-2H3,(H,12,13)/t8-/m1/s1. The number of carboxylic acids is 1. The van der Waals surface area contributed by atoms with Crippen molar-refractivity contribution in [2.24, 2.45) is 0 Å². The number of unbranched alkanes of at least 4 members (excludes halogenated alkanes) is 1. The Hall–Kier alpha value is -0.610. The second-order valence-corrected chi connectivity index (χ2v) is 3.12. The molecule has 0 fully saturated rings. The molecule has 0 bridgehead atoms. The Labute approximate surface area is 79.7 Å². The number of carbonyl (C=O) groups is 1. The van der Waals surface area contributed by atoms with E-state index in [4.69, 9.17) is 5.11 Å². The monoisotopic (exact) mass is 188 g/mol. The first-order valence-electron chi connectivity index (χ1n) is 4.85. The van der Waals surface area contributed by atoms with Crippen LogP contribution in [0.25, 0.3) is 0 Å². The van der Waals surface area contributed by atoms with Gasteiger partial charge in [-0.25, -0.2) is 0 Å². The molecule has 0 aliphatic rings. The molecule has 0 saturated heterocycles. The van der Waals surface area contributed by atoms with Crippen molar-refractivity contribution in [3.8, 4) is 0 Å². The van der Waals surface area contributed by atoms with Crippen LogP contribution in [-0.2, 0) is 4.79 Å². The third-order valence-corrected chi connectivity index (χ3v) is 1.83. The number of hydrogen-bond donors (Lipinski definition) is 3. The molecule has 0 heterocycles. The van der Waals surface area contributed by atoms with E-state index < -0.39 is 12.0 Å². The average molecular weight is 188 g/mol. The number of hydrogen-bond acceptors (Lipinski definition) is 3. The van der Waals surface area contributed by atoms with Crippen LogP contribution in [0.4, 0.5) is 0 Å². The van der Waals surface area contributed by atoms with E-state index in [2.05, 4.69) is 17.6 Å². The molecule has 13 heavy (non-hydrogen) atoms. The molecule has 0 aromatic rings. The van der Waals surface area contributed by atoms with Crippen molar-refractivity contribution < 1.29 is 9.90 Å². The van der Waals surface area contributed by atoms with E-state index in [1.807, 2.05) is 0 Å². The molecule has 4 heteroatoms. The lowest BCUT2D eigenvalue weighted by Gasteiger charge is -2.09. The maximum atomic E-state index is 10.4. The lowest BCUT2D eigenvalue weighted by molar-refractivity contribution is -0.138. The summed E-state index contributed by atoms with van der Waals surface area (Å²) in [4.78, 5) is 10.4. The molecule has 78 valence electrons.